The molecule has 1 unspecified atom stereocenters. The molecule has 0 radical (unpaired) electrons. The number of hydrogen-bond donors (Lipinski definition) is 1. The summed E-state index contributed by atoms with van der Waals surface area (Å²) in [4.78, 5) is 0. The van der Waals surface area contributed by atoms with Crippen molar-refractivity contribution < 1.29 is 4.74 Å². The first kappa shape index (κ1) is 13.7. The second kappa shape index (κ2) is 5.53. The summed E-state index contributed by atoms with van der Waals surface area (Å²) in [5, 5.41) is 7.95. The van der Waals surface area contributed by atoms with E-state index in [0.717, 1.165) is 24.7 Å². The predicted molar refractivity (Wildman–Crippen MR) is 76.3 cm³/mol. The maximum absolute atomic E-state index is 5.40. The van der Waals surface area contributed by atoms with Crippen molar-refractivity contribution >= 4 is 11.8 Å². The van der Waals surface area contributed by atoms with Crippen LogP contribution >= 0.6 is 11.8 Å². The van der Waals surface area contributed by atoms with E-state index in [0.29, 0.717) is 4.75 Å². The first-order valence-corrected chi connectivity index (χ1v) is 7.45. The zero-order valence-corrected chi connectivity index (χ0v) is 12.6. The van der Waals surface area contributed by atoms with Gasteiger partial charge >= 0.3 is 0 Å². The number of nitrogens with one attached hydrogen (secondary N) is 1. The van der Waals surface area contributed by atoms with Crippen LogP contribution < -0.4 is 10.1 Å². The second-order valence-corrected chi connectivity index (χ2v) is 6.88. The number of aromatic nitrogens is 2. The molecule has 0 spiro atoms. The van der Waals surface area contributed by atoms with Crippen LogP contribution in [0.3, 0.4) is 0 Å². The van der Waals surface area contributed by atoms with E-state index >= 15 is 0 Å². The Hall–Kier alpha value is -0.680. The van der Waals surface area contributed by atoms with Crippen LogP contribution in [-0.4, -0.2) is 33.9 Å². The molecule has 1 atom stereocenters. The summed E-state index contributed by atoms with van der Waals surface area (Å²) in [6.45, 7) is 6.27. The molecular weight excluding hydrogens is 246 g/mol. The highest BCUT2D eigenvalue weighted by Gasteiger charge is 2.29. The van der Waals surface area contributed by atoms with Crippen LogP contribution in [0.4, 0.5) is 0 Å². The summed E-state index contributed by atoms with van der Waals surface area (Å²) in [7, 11) is 3.62. The zero-order chi connectivity index (χ0) is 13.2. The fourth-order valence-corrected chi connectivity index (χ4v) is 3.84. The lowest BCUT2D eigenvalue weighted by Crippen LogP contribution is -2.32. The van der Waals surface area contributed by atoms with Crippen LogP contribution in [0, 0.1) is 6.92 Å². The number of hydrogen-bond acceptors (Lipinski definition) is 4. The van der Waals surface area contributed by atoms with Gasteiger partial charge in [0.05, 0.1) is 18.4 Å². The molecule has 1 fully saturated rings. The van der Waals surface area contributed by atoms with Gasteiger partial charge in [-0.3, -0.25) is 0 Å². The molecule has 2 rings (SSSR count). The molecule has 2 heterocycles. The van der Waals surface area contributed by atoms with E-state index in [9.17, 15) is 0 Å². The minimum atomic E-state index is 0.406. The van der Waals surface area contributed by atoms with Crippen molar-refractivity contribution in [3.8, 4) is 5.88 Å². The molecule has 102 valence electrons. The van der Waals surface area contributed by atoms with E-state index in [4.69, 9.17) is 4.74 Å². The largest absolute Gasteiger partial charge is 0.481 e. The van der Waals surface area contributed by atoms with Gasteiger partial charge in [-0.05, 0) is 32.4 Å². The van der Waals surface area contributed by atoms with E-state index < -0.39 is 0 Å². The van der Waals surface area contributed by atoms with Gasteiger partial charge in [-0.1, -0.05) is 0 Å². The quantitative estimate of drug-likeness (QED) is 0.888. The minimum absolute atomic E-state index is 0.406. The lowest BCUT2D eigenvalue weighted by atomic mass is 10.1. The summed E-state index contributed by atoms with van der Waals surface area (Å²) in [5.41, 5.74) is 2.22. The third-order valence-electron chi connectivity index (χ3n) is 3.58. The molecule has 1 aromatic heterocycles. The molecule has 1 aliphatic heterocycles. The molecule has 0 saturated carbocycles. The van der Waals surface area contributed by atoms with Crippen molar-refractivity contribution in [3.63, 3.8) is 0 Å². The number of nitrogens with zero attached hydrogens (tertiary/aromatic N) is 2. The molecule has 18 heavy (non-hydrogen) atoms. The van der Waals surface area contributed by atoms with Gasteiger partial charge in [-0.25, -0.2) is 4.68 Å². The first-order chi connectivity index (χ1) is 8.56. The van der Waals surface area contributed by atoms with Crippen LogP contribution in [0.15, 0.2) is 0 Å². The van der Waals surface area contributed by atoms with E-state index in [2.05, 4.69) is 29.1 Å². The van der Waals surface area contributed by atoms with Crippen LogP contribution in [0.1, 0.15) is 31.0 Å². The Morgan fingerprint density at radius 1 is 1.56 bits per heavy atom. The standard InChI is InChI=1S/C13H23N3OS/c1-10-11(12(17-4)16(3)15-10)8-14-9-13(2)6-5-7-18-13/h14H,5-9H2,1-4H3. The molecule has 1 aromatic rings. The Morgan fingerprint density at radius 2 is 2.33 bits per heavy atom. The fraction of sp³-hybridized carbons (Fsp3) is 0.769. The minimum Gasteiger partial charge on any atom is -0.481 e. The molecule has 0 amide bonds. The topological polar surface area (TPSA) is 39.1 Å². The lowest BCUT2D eigenvalue weighted by Gasteiger charge is -2.23. The average molecular weight is 269 g/mol. The smallest absolute Gasteiger partial charge is 0.216 e. The third kappa shape index (κ3) is 2.83. The van der Waals surface area contributed by atoms with Crippen molar-refractivity contribution in [1.29, 1.82) is 0 Å². The van der Waals surface area contributed by atoms with Gasteiger partial charge in [-0.15, -0.1) is 0 Å². The second-order valence-electron chi connectivity index (χ2n) is 5.20. The van der Waals surface area contributed by atoms with E-state index in [1.165, 1.54) is 24.2 Å². The number of thioether (sulfide) groups is 1. The van der Waals surface area contributed by atoms with E-state index in [1.807, 2.05) is 14.0 Å². The Labute approximate surface area is 113 Å². The maximum Gasteiger partial charge on any atom is 0.216 e. The Morgan fingerprint density at radius 3 is 2.94 bits per heavy atom. The SMILES string of the molecule is COc1c(CNCC2(C)CCCS2)c(C)nn1C. The van der Waals surface area contributed by atoms with Crippen LogP contribution in [-0.2, 0) is 13.6 Å². The molecule has 0 aliphatic carbocycles. The Kier molecular flexibility index (Phi) is 4.22. The van der Waals surface area contributed by atoms with Crippen molar-refractivity contribution in [2.45, 2.75) is 38.0 Å². The van der Waals surface area contributed by atoms with E-state index in [-0.39, 0.29) is 0 Å². The zero-order valence-electron chi connectivity index (χ0n) is 11.7. The molecule has 1 saturated heterocycles. The molecule has 1 N–H and O–H groups in total. The Bertz CT molecular complexity index is 411. The fourth-order valence-electron chi connectivity index (χ4n) is 2.57. The number of aryl methyl sites for hydroxylation is 2. The molecule has 0 aromatic carbocycles. The third-order valence-corrected chi connectivity index (χ3v) is 5.12. The number of ether oxygens (including phenoxy) is 1. The summed E-state index contributed by atoms with van der Waals surface area (Å²) in [6, 6.07) is 0. The van der Waals surface area contributed by atoms with Crippen molar-refractivity contribution in [2.24, 2.45) is 7.05 Å². The van der Waals surface area contributed by atoms with Gasteiger partial charge in [0.15, 0.2) is 0 Å². The van der Waals surface area contributed by atoms with Crippen LogP contribution in [0.25, 0.3) is 0 Å². The summed E-state index contributed by atoms with van der Waals surface area (Å²) in [5.74, 6) is 2.16. The highest BCUT2D eigenvalue weighted by molar-refractivity contribution is 8.00. The summed E-state index contributed by atoms with van der Waals surface area (Å²) >= 11 is 2.08. The first-order valence-electron chi connectivity index (χ1n) is 6.47. The molecular formula is C13H23N3OS. The summed E-state index contributed by atoms with van der Waals surface area (Å²) < 4.78 is 7.61. The number of methoxy groups -OCH3 is 1. The highest BCUT2D eigenvalue weighted by atomic mass is 32.2. The molecule has 5 heteroatoms. The van der Waals surface area contributed by atoms with Gasteiger partial charge in [0.1, 0.15) is 0 Å². The summed E-state index contributed by atoms with van der Waals surface area (Å²) in [6.07, 6.45) is 2.66. The van der Waals surface area contributed by atoms with Crippen molar-refractivity contribution in [1.82, 2.24) is 15.1 Å². The van der Waals surface area contributed by atoms with Crippen LogP contribution in [0.2, 0.25) is 0 Å². The van der Waals surface area contributed by atoms with Crippen molar-refractivity contribution in [3.05, 3.63) is 11.3 Å². The van der Waals surface area contributed by atoms with Gasteiger partial charge in [-0.2, -0.15) is 16.9 Å². The molecule has 4 nitrogen and oxygen atoms in total. The Balaban J connectivity index is 1.94. The van der Waals surface area contributed by atoms with Gasteiger partial charge in [0.25, 0.3) is 0 Å². The van der Waals surface area contributed by atoms with Gasteiger partial charge < -0.3 is 10.1 Å². The number of rotatable bonds is 5. The van der Waals surface area contributed by atoms with Gasteiger partial charge in [0.2, 0.25) is 5.88 Å². The molecule has 1 aliphatic rings. The van der Waals surface area contributed by atoms with Crippen molar-refractivity contribution in [2.75, 3.05) is 19.4 Å². The van der Waals surface area contributed by atoms with Gasteiger partial charge in [0, 0.05) is 24.9 Å². The van der Waals surface area contributed by atoms with Crippen LogP contribution in [0.5, 0.6) is 5.88 Å². The monoisotopic (exact) mass is 269 g/mol. The predicted octanol–water partition coefficient (Wildman–Crippen LogP) is 2.11. The normalized spacial score (nSPS) is 23.6. The lowest BCUT2D eigenvalue weighted by molar-refractivity contribution is 0.367. The molecule has 0 bridgehead atoms. The highest BCUT2D eigenvalue weighted by Crippen LogP contribution is 2.37. The average Bonchev–Trinajstić information content (AvgIpc) is 2.85. The maximum atomic E-state index is 5.40. The van der Waals surface area contributed by atoms with E-state index in [1.54, 1.807) is 11.8 Å².